The zero-order valence-corrected chi connectivity index (χ0v) is 13.0. The third kappa shape index (κ3) is 6.33. The molecular weight excluding hydrogens is 308 g/mol. The third-order valence-electron chi connectivity index (χ3n) is 3.04. The molecule has 0 aliphatic carbocycles. The van der Waals surface area contributed by atoms with Gasteiger partial charge in [0.2, 0.25) is 5.91 Å². The predicted molar refractivity (Wildman–Crippen MR) is 82.9 cm³/mol. The molecule has 1 aromatic rings. The average molecular weight is 328 g/mol. The van der Waals surface area contributed by atoms with Crippen LogP contribution < -0.4 is 11.1 Å². The lowest BCUT2D eigenvalue weighted by atomic mass is 10.1. The molecule has 3 unspecified atom stereocenters. The molecule has 0 aliphatic rings. The van der Waals surface area contributed by atoms with Crippen LogP contribution >= 0.6 is 0 Å². The molecule has 0 bridgehead atoms. The summed E-state index contributed by atoms with van der Waals surface area (Å²) >= 11 is -1.13. The summed E-state index contributed by atoms with van der Waals surface area (Å²) in [6.45, 7) is 0. The Kier molecular flexibility index (Phi) is 7.16. The van der Waals surface area contributed by atoms with Crippen molar-refractivity contribution in [2.75, 3.05) is 12.0 Å². The lowest BCUT2D eigenvalue weighted by Gasteiger charge is -2.18. The number of phenolic OH excluding ortho intramolecular Hbond substituents is 1. The van der Waals surface area contributed by atoms with Crippen LogP contribution in [0.15, 0.2) is 24.3 Å². The SMILES string of the molecule is C[S+]([O-])CCC(NC(=O)C(N)Cc1ccc(O)cc1)C(=O)O. The molecule has 8 heteroatoms. The first-order chi connectivity index (χ1) is 10.3. The van der Waals surface area contributed by atoms with Gasteiger partial charge >= 0.3 is 5.97 Å². The van der Waals surface area contributed by atoms with Crippen LogP contribution in [0.3, 0.4) is 0 Å². The highest BCUT2D eigenvalue weighted by molar-refractivity contribution is 7.90. The normalized spacial score (nSPS) is 14.9. The summed E-state index contributed by atoms with van der Waals surface area (Å²) in [6.07, 6.45) is 1.77. The second-order valence-electron chi connectivity index (χ2n) is 4.94. The Bertz CT molecular complexity index is 506. The van der Waals surface area contributed by atoms with E-state index in [1.54, 1.807) is 12.1 Å². The number of benzene rings is 1. The largest absolute Gasteiger partial charge is 0.617 e. The number of carbonyl (C=O) groups is 2. The van der Waals surface area contributed by atoms with Gasteiger partial charge in [-0.15, -0.1) is 0 Å². The van der Waals surface area contributed by atoms with Crippen LogP contribution in [-0.2, 0) is 27.2 Å². The van der Waals surface area contributed by atoms with Gasteiger partial charge in [-0.05, 0) is 24.1 Å². The number of phenols is 1. The molecule has 122 valence electrons. The van der Waals surface area contributed by atoms with E-state index >= 15 is 0 Å². The minimum Gasteiger partial charge on any atom is -0.617 e. The zero-order chi connectivity index (χ0) is 16.7. The molecular formula is C14H20N2O5S. The third-order valence-corrected chi connectivity index (χ3v) is 3.85. The number of aromatic hydroxyl groups is 1. The molecule has 0 spiro atoms. The Labute approximate surface area is 131 Å². The quantitative estimate of drug-likeness (QED) is 0.479. The second kappa shape index (κ2) is 8.62. The van der Waals surface area contributed by atoms with Crippen molar-refractivity contribution in [2.45, 2.75) is 24.9 Å². The van der Waals surface area contributed by atoms with Crippen molar-refractivity contribution in [3.8, 4) is 5.75 Å². The second-order valence-corrected chi connectivity index (χ2v) is 6.50. The first kappa shape index (κ1) is 18.3. The van der Waals surface area contributed by atoms with Gasteiger partial charge < -0.3 is 25.8 Å². The zero-order valence-electron chi connectivity index (χ0n) is 12.2. The predicted octanol–water partition coefficient (Wildman–Crippen LogP) is -0.400. The first-order valence-corrected chi connectivity index (χ1v) is 8.39. The first-order valence-electron chi connectivity index (χ1n) is 6.66. The Hall–Kier alpha value is -1.77. The molecule has 5 N–H and O–H groups in total. The number of carbonyl (C=O) groups excluding carboxylic acids is 1. The molecule has 3 atom stereocenters. The number of hydrogen-bond donors (Lipinski definition) is 4. The highest BCUT2D eigenvalue weighted by Crippen LogP contribution is 2.11. The monoisotopic (exact) mass is 328 g/mol. The summed E-state index contributed by atoms with van der Waals surface area (Å²) in [7, 11) is 0. The molecule has 0 saturated heterocycles. The molecule has 1 aromatic carbocycles. The number of carboxylic acid groups (broad SMARTS) is 1. The Morgan fingerprint density at radius 1 is 1.36 bits per heavy atom. The van der Waals surface area contributed by atoms with E-state index in [2.05, 4.69) is 5.32 Å². The maximum atomic E-state index is 11.9. The van der Waals surface area contributed by atoms with Crippen LogP contribution in [0.2, 0.25) is 0 Å². The molecule has 0 heterocycles. The van der Waals surface area contributed by atoms with Crippen LogP contribution in [0.25, 0.3) is 0 Å². The van der Waals surface area contributed by atoms with E-state index in [0.29, 0.717) is 0 Å². The van der Waals surface area contributed by atoms with Crippen LogP contribution in [0.5, 0.6) is 5.75 Å². The maximum absolute atomic E-state index is 11.9. The molecule has 7 nitrogen and oxygen atoms in total. The van der Waals surface area contributed by atoms with Crippen molar-refractivity contribution in [3.63, 3.8) is 0 Å². The number of amides is 1. The van der Waals surface area contributed by atoms with Gasteiger partial charge in [0.25, 0.3) is 0 Å². The topological polar surface area (TPSA) is 136 Å². The number of rotatable bonds is 8. The van der Waals surface area contributed by atoms with Gasteiger partial charge in [-0.25, -0.2) is 4.79 Å². The summed E-state index contributed by atoms with van der Waals surface area (Å²) in [5.74, 6) is -1.47. The number of hydrogen-bond acceptors (Lipinski definition) is 5. The van der Waals surface area contributed by atoms with Crippen LogP contribution in [0, 0.1) is 0 Å². The van der Waals surface area contributed by atoms with Gasteiger partial charge in [-0.1, -0.05) is 23.3 Å². The molecule has 0 saturated carbocycles. The average Bonchev–Trinajstić information content (AvgIpc) is 2.44. The fourth-order valence-corrected chi connectivity index (χ4v) is 2.37. The molecule has 1 amide bonds. The molecule has 0 radical (unpaired) electrons. The van der Waals surface area contributed by atoms with Gasteiger partial charge in [0.15, 0.2) is 0 Å². The van der Waals surface area contributed by atoms with E-state index in [0.717, 1.165) is 5.56 Å². The minimum absolute atomic E-state index is 0.0795. The van der Waals surface area contributed by atoms with Gasteiger partial charge in [0.1, 0.15) is 17.5 Å². The minimum atomic E-state index is -1.18. The number of aliphatic carboxylic acids is 1. The fourth-order valence-electron chi connectivity index (χ4n) is 1.80. The van der Waals surface area contributed by atoms with Gasteiger partial charge in [-0.2, -0.15) is 0 Å². The number of carboxylic acids is 1. The van der Waals surface area contributed by atoms with Crippen molar-refractivity contribution in [1.29, 1.82) is 0 Å². The molecule has 0 fully saturated rings. The van der Waals surface area contributed by atoms with Crippen molar-refractivity contribution in [2.24, 2.45) is 5.73 Å². The lowest BCUT2D eigenvalue weighted by Crippen LogP contribution is -2.49. The maximum Gasteiger partial charge on any atom is 0.326 e. The van der Waals surface area contributed by atoms with Crippen molar-refractivity contribution in [1.82, 2.24) is 5.32 Å². The van der Waals surface area contributed by atoms with Gasteiger partial charge in [0.05, 0.1) is 12.3 Å². The summed E-state index contributed by atoms with van der Waals surface area (Å²) in [5, 5.41) is 20.6. The highest BCUT2D eigenvalue weighted by atomic mass is 32.2. The Morgan fingerprint density at radius 3 is 2.45 bits per heavy atom. The summed E-state index contributed by atoms with van der Waals surface area (Å²) in [5.41, 5.74) is 6.52. The van der Waals surface area contributed by atoms with Crippen molar-refractivity contribution in [3.05, 3.63) is 29.8 Å². The van der Waals surface area contributed by atoms with Gasteiger partial charge in [-0.3, -0.25) is 4.79 Å². The van der Waals surface area contributed by atoms with Crippen LogP contribution in [0.4, 0.5) is 0 Å². The van der Waals surface area contributed by atoms with E-state index in [-0.39, 0.29) is 24.3 Å². The van der Waals surface area contributed by atoms with Crippen LogP contribution in [-0.4, -0.2) is 50.7 Å². The fraction of sp³-hybridized carbons (Fsp3) is 0.429. The van der Waals surface area contributed by atoms with Crippen molar-refractivity contribution < 1.29 is 24.4 Å². The Morgan fingerprint density at radius 2 is 1.95 bits per heavy atom. The van der Waals surface area contributed by atoms with Crippen molar-refractivity contribution >= 4 is 23.1 Å². The standard InChI is InChI=1S/C14H20N2O5S/c1-22(21)7-6-12(14(19)20)16-13(18)11(15)8-9-2-4-10(17)5-3-9/h2-5,11-12,17H,6-8,15H2,1H3,(H,16,18)(H,19,20). The van der Waals surface area contributed by atoms with E-state index in [9.17, 15) is 19.2 Å². The van der Waals surface area contributed by atoms with E-state index in [1.165, 1.54) is 18.4 Å². The van der Waals surface area contributed by atoms with Crippen LogP contribution in [0.1, 0.15) is 12.0 Å². The highest BCUT2D eigenvalue weighted by Gasteiger charge is 2.24. The smallest absolute Gasteiger partial charge is 0.326 e. The van der Waals surface area contributed by atoms with E-state index in [4.69, 9.17) is 10.8 Å². The number of nitrogens with one attached hydrogen (secondary N) is 1. The summed E-state index contributed by atoms with van der Waals surface area (Å²) in [4.78, 5) is 23.0. The number of nitrogens with two attached hydrogens (primary N) is 1. The summed E-state index contributed by atoms with van der Waals surface area (Å²) in [6, 6.07) is 4.22. The summed E-state index contributed by atoms with van der Waals surface area (Å²) < 4.78 is 11.0. The van der Waals surface area contributed by atoms with E-state index < -0.39 is 35.1 Å². The van der Waals surface area contributed by atoms with Gasteiger partial charge in [0, 0.05) is 6.42 Å². The van der Waals surface area contributed by atoms with E-state index in [1.807, 2.05) is 0 Å². The molecule has 1 rings (SSSR count). The molecule has 0 aromatic heterocycles. The Balaban J connectivity index is 2.57. The molecule has 0 aliphatic heterocycles. The molecule has 22 heavy (non-hydrogen) atoms. The lowest BCUT2D eigenvalue weighted by molar-refractivity contribution is -0.142.